The summed E-state index contributed by atoms with van der Waals surface area (Å²) in [5.41, 5.74) is 6.59. The van der Waals surface area contributed by atoms with Gasteiger partial charge in [0.05, 0.1) is 98.7 Å². The number of likely N-dealkylation sites (N-methyl/N-ethyl adjacent to an activating group) is 1. The zero-order valence-electron chi connectivity index (χ0n) is 44.9. The van der Waals surface area contributed by atoms with Gasteiger partial charge in [-0.3, -0.25) is 24.5 Å². The van der Waals surface area contributed by atoms with Crippen molar-refractivity contribution in [1.82, 2.24) is 69.2 Å². The Morgan fingerprint density at radius 3 is 1.51 bits per heavy atom. The van der Waals surface area contributed by atoms with Crippen LogP contribution in [0.4, 0.5) is 20.2 Å². The van der Waals surface area contributed by atoms with Crippen LogP contribution in [0.1, 0.15) is 88.3 Å². The first-order valence-corrected chi connectivity index (χ1v) is 25.3. The third-order valence-corrected chi connectivity index (χ3v) is 12.9. The SMILES string of the molecule is CC=O.CCN1CCN(c2ccc(Cc3ncc(F)c(-c4cc5c(nc(C)n5C(C)C)c(OC)n4)n3)nc2)C(=O)C1.COc1nc(-c2nc(Cc3ccc(N4CCNCC4=O)cn3)ncc2F)cc2c1nc(C)n2C(C)C. The maximum Gasteiger partial charge on any atom is 0.242 e. The summed E-state index contributed by atoms with van der Waals surface area (Å²) in [4.78, 5) is 83.5. The molecular formula is C54H62F2N16O5. The molecule has 77 heavy (non-hydrogen) atoms. The van der Waals surface area contributed by atoms with Crippen molar-refractivity contribution in [2.45, 2.75) is 80.3 Å². The molecule has 2 fully saturated rings. The molecule has 10 rings (SSSR count). The quantitative estimate of drug-likeness (QED) is 0.119. The normalized spacial score (nSPS) is 14.0. The third-order valence-electron chi connectivity index (χ3n) is 12.9. The van der Waals surface area contributed by atoms with Crippen molar-refractivity contribution < 1.29 is 32.6 Å². The lowest BCUT2D eigenvalue weighted by Crippen LogP contribution is -2.50. The molecule has 402 valence electrons. The van der Waals surface area contributed by atoms with Crippen molar-refractivity contribution in [3.63, 3.8) is 0 Å². The Bertz CT molecular complexity index is 3420. The van der Waals surface area contributed by atoms with Crippen molar-refractivity contribution in [3.05, 3.63) is 108 Å². The van der Waals surface area contributed by atoms with E-state index in [0.717, 1.165) is 72.4 Å². The van der Waals surface area contributed by atoms with E-state index in [4.69, 9.17) is 14.3 Å². The van der Waals surface area contributed by atoms with Crippen LogP contribution >= 0.6 is 0 Å². The predicted octanol–water partition coefficient (Wildman–Crippen LogP) is 6.63. The first-order chi connectivity index (χ1) is 37.0. The van der Waals surface area contributed by atoms with Gasteiger partial charge in [0.15, 0.2) is 22.7 Å². The fraction of sp³-hybridized carbons (Fsp3) is 0.389. The van der Waals surface area contributed by atoms with Gasteiger partial charge in [0.1, 0.15) is 41.0 Å². The molecule has 0 radical (unpaired) electrons. The number of aldehydes is 1. The first-order valence-electron chi connectivity index (χ1n) is 25.3. The van der Waals surface area contributed by atoms with Crippen LogP contribution < -0.4 is 24.6 Å². The minimum absolute atomic E-state index is 0.0104. The molecular weight excluding hydrogens is 991 g/mol. The summed E-state index contributed by atoms with van der Waals surface area (Å²) in [5, 5.41) is 3.05. The van der Waals surface area contributed by atoms with Crippen LogP contribution in [0.15, 0.2) is 61.2 Å². The number of fused-ring (bicyclic) bond motifs is 2. The highest BCUT2D eigenvalue weighted by atomic mass is 19.1. The number of nitrogens with one attached hydrogen (secondary N) is 1. The molecule has 8 aromatic rings. The maximum atomic E-state index is 15.0. The number of aromatic nitrogens is 12. The molecule has 2 amide bonds. The smallest absolute Gasteiger partial charge is 0.242 e. The van der Waals surface area contributed by atoms with Crippen molar-refractivity contribution >= 4 is 51.5 Å². The molecule has 0 unspecified atom stereocenters. The number of nitrogens with zero attached hydrogens (tertiary/aromatic N) is 15. The summed E-state index contributed by atoms with van der Waals surface area (Å²) in [6.45, 7) is 19.9. The number of ether oxygens (including phenoxy) is 2. The molecule has 0 saturated carbocycles. The van der Waals surface area contributed by atoms with Crippen LogP contribution in [-0.4, -0.2) is 142 Å². The molecule has 0 spiro atoms. The van der Waals surface area contributed by atoms with Crippen LogP contribution in [0, 0.1) is 25.5 Å². The van der Waals surface area contributed by atoms with Gasteiger partial charge in [-0.25, -0.2) is 48.7 Å². The lowest BCUT2D eigenvalue weighted by Gasteiger charge is -2.33. The minimum atomic E-state index is -0.583. The van der Waals surface area contributed by atoms with E-state index in [0.29, 0.717) is 96.2 Å². The zero-order chi connectivity index (χ0) is 55.1. The predicted molar refractivity (Wildman–Crippen MR) is 286 cm³/mol. The van der Waals surface area contributed by atoms with Crippen LogP contribution in [0.3, 0.4) is 0 Å². The fourth-order valence-corrected chi connectivity index (χ4v) is 9.36. The molecule has 2 aliphatic heterocycles. The van der Waals surface area contributed by atoms with Crippen LogP contribution in [0.5, 0.6) is 11.8 Å². The van der Waals surface area contributed by atoms with E-state index in [2.05, 4.69) is 104 Å². The minimum Gasteiger partial charge on any atom is -0.479 e. The Morgan fingerprint density at radius 1 is 0.649 bits per heavy atom. The number of methoxy groups -OCH3 is 2. The molecule has 0 aliphatic carbocycles. The number of carbonyl (C=O) groups is 3. The van der Waals surface area contributed by atoms with E-state index >= 15 is 0 Å². The van der Waals surface area contributed by atoms with E-state index in [1.165, 1.54) is 21.1 Å². The Balaban J connectivity index is 0.000000194. The monoisotopic (exact) mass is 1050 g/mol. The second-order valence-electron chi connectivity index (χ2n) is 18.7. The fourth-order valence-electron chi connectivity index (χ4n) is 9.36. The molecule has 0 aromatic carbocycles. The molecule has 2 saturated heterocycles. The number of hydrogen-bond donors (Lipinski definition) is 1. The van der Waals surface area contributed by atoms with Crippen LogP contribution in [-0.2, 0) is 27.2 Å². The number of hydrogen-bond acceptors (Lipinski definition) is 17. The topological polar surface area (TPSA) is 230 Å². The number of amides is 2. The van der Waals surface area contributed by atoms with Crippen molar-refractivity contribution in [2.75, 3.05) is 69.8 Å². The van der Waals surface area contributed by atoms with Gasteiger partial charge < -0.3 is 38.5 Å². The second-order valence-corrected chi connectivity index (χ2v) is 18.7. The number of halogens is 2. The molecule has 0 bridgehead atoms. The Labute approximate surface area is 444 Å². The molecule has 8 aromatic heterocycles. The molecule has 2 aliphatic rings. The Kier molecular flexibility index (Phi) is 17.2. The van der Waals surface area contributed by atoms with Crippen LogP contribution in [0.2, 0.25) is 0 Å². The van der Waals surface area contributed by atoms with E-state index < -0.39 is 11.6 Å². The third kappa shape index (κ3) is 12.1. The van der Waals surface area contributed by atoms with Gasteiger partial charge in [-0.15, -0.1) is 0 Å². The van der Waals surface area contributed by atoms with E-state index in [1.54, 1.807) is 34.3 Å². The molecule has 21 nitrogen and oxygen atoms in total. The highest BCUT2D eigenvalue weighted by Crippen LogP contribution is 2.34. The second kappa shape index (κ2) is 24.1. The van der Waals surface area contributed by atoms with Gasteiger partial charge in [-0.05, 0) is 91.4 Å². The van der Waals surface area contributed by atoms with E-state index in [9.17, 15) is 18.4 Å². The molecule has 23 heteroatoms. The number of anilines is 2. The number of carbonyl (C=O) groups excluding carboxylic acids is 3. The number of piperazine rings is 2. The number of aryl methyl sites for hydroxylation is 2. The maximum absolute atomic E-state index is 15.0. The van der Waals surface area contributed by atoms with Gasteiger partial charge in [0.2, 0.25) is 23.6 Å². The molecule has 1 N–H and O–H groups in total. The van der Waals surface area contributed by atoms with Crippen molar-refractivity contribution in [1.29, 1.82) is 0 Å². The van der Waals surface area contributed by atoms with Gasteiger partial charge in [-0.2, -0.15) is 0 Å². The standard InChI is InChI=1S/C27H31FN8O2.C25H27FN8O2.C2H4O/c1-6-34-9-10-35(24(37)15-34)19-8-7-18(29-13-19)11-23-30-14-20(28)25(33-23)21-12-22-26(27(32-21)38-5)31-17(4)36(22)16(2)3;1-14(2)34-15(3)30-24-20(34)10-19(31-25(24)36-4)23-18(26)12-29-21(32-23)9-16-5-6-17(11-28-16)33-8-7-27-13-22(33)35;1-2-3/h7-8,12-14,16H,6,9-11,15H2,1-5H3;5-6,10-12,14,27H,7-9,13H2,1-4H3;2H,1H3. The average molecular weight is 1050 g/mol. The Morgan fingerprint density at radius 2 is 1.12 bits per heavy atom. The summed E-state index contributed by atoms with van der Waals surface area (Å²) in [6, 6.07) is 11.3. The summed E-state index contributed by atoms with van der Waals surface area (Å²) < 4.78 is 44.9. The van der Waals surface area contributed by atoms with Gasteiger partial charge in [-0.1, -0.05) is 6.92 Å². The summed E-state index contributed by atoms with van der Waals surface area (Å²) in [5.74, 6) is 1.98. The lowest BCUT2D eigenvalue weighted by molar-refractivity contribution is -0.121. The van der Waals surface area contributed by atoms with Crippen molar-refractivity contribution in [2.24, 2.45) is 0 Å². The zero-order valence-corrected chi connectivity index (χ0v) is 44.9. The molecule has 0 atom stereocenters. The number of pyridine rings is 4. The Hall–Kier alpha value is -8.31. The summed E-state index contributed by atoms with van der Waals surface area (Å²) in [7, 11) is 3.03. The van der Waals surface area contributed by atoms with Gasteiger partial charge in [0, 0.05) is 49.7 Å². The number of imidazole rings is 2. The van der Waals surface area contributed by atoms with E-state index in [-0.39, 0.29) is 35.3 Å². The van der Waals surface area contributed by atoms with Crippen molar-refractivity contribution in [3.8, 4) is 34.5 Å². The highest BCUT2D eigenvalue weighted by Gasteiger charge is 2.26. The van der Waals surface area contributed by atoms with E-state index in [1.807, 2.05) is 38.1 Å². The van der Waals surface area contributed by atoms with Crippen LogP contribution in [0.25, 0.3) is 44.8 Å². The highest BCUT2D eigenvalue weighted by molar-refractivity contribution is 5.96. The summed E-state index contributed by atoms with van der Waals surface area (Å²) >= 11 is 0. The average Bonchev–Trinajstić information content (AvgIpc) is 3.97. The first kappa shape index (κ1) is 54.9. The van der Waals surface area contributed by atoms with Gasteiger partial charge >= 0.3 is 0 Å². The van der Waals surface area contributed by atoms with Gasteiger partial charge in [0.25, 0.3) is 0 Å². The molecule has 10 heterocycles. The lowest BCUT2D eigenvalue weighted by atomic mass is 10.2. The summed E-state index contributed by atoms with van der Waals surface area (Å²) in [6.07, 6.45) is 7.00. The number of rotatable bonds is 13. The largest absolute Gasteiger partial charge is 0.479 e.